The van der Waals surface area contributed by atoms with Gasteiger partial charge >= 0.3 is 0 Å². The predicted molar refractivity (Wildman–Crippen MR) is 510 cm³/mol. The summed E-state index contributed by atoms with van der Waals surface area (Å²) in [6.07, 6.45) is 0. The summed E-state index contributed by atoms with van der Waals surface area (Å²) >= 11 is 0. The van der Waals surface area contributed by atoms with Crippen LogP contribution in [0.25, 0.3) is 244 Å². The number of rotatable bonds is 12. The van der Waals surface area contributed by atoms with Gasteiger partial charge in [0.05, 0.1) is 0 Å². The molecule has 0 saturated heterocycles. The number of hydrogen-bond acceptors (Lipinski definition) is 8. The number of para-hydroxylation sites is 1. The summed E-state index contributed by atoms with van der Waals surface area (Å²) in [6, 6.07) is 146. The lowest BCUT2D eigenvalue weighted by molar-refractivity contribution is 0.669. The van der Waals surface area contributed by atoms with Gasteiger partial charge in [-0.3, -0.25) is 0 Å². The molecule has 0 N–H and O–H groups in total. The Labute approximate surface area is 713 Å². The van der Waals surface area contributed by atoms with E-state index in [0.29, 0.717) is 34.9 Å². The van der Waals surface area contributed by atoms with Gasteiger partial charge in [-0.15, -0.1) is 0 Å². The Kier molecular flexibility index (Phi) is 16.0. The average Bonchev–Trinajstić information content (AvgIpc) is 1.55. The normalized spacial score (nSPS) is 12.5. The summed E-state index contributed by atoms with van der Waals surface area (Å²) in [4.78, 5) is 32.7. The third-order valence-electron chi connectivity index (χ3n) is 25.8. The third kappa shape index (κ3) is 11.7. The highest BCUT2D eigenvalue weighted by Gasteiger charge is 2.41. The third-order valence-corrected chi connectivity index (χ3v) is 25.8. The van der Waals surface area contributed by atoms with Crippen LogP contribution >= 0.6 is 0 Å². The Balaban J connectivity index is 0.581. The first-order valence-corrected chi connectivity index (χ1v) is 42.1. The molecule has 20 aromatic carbocycles. The highest BCUT2D eigenvalue weighted by Crippen LogP contribution is 2.53. The molecule has 0 bridgehead atoms. The van der Waals surface area contributed by atoms with E-state index in [-0.39, 0.29) is 0 Å². The van der Waals surface area contributed by atoms with Crippen molar-refractivity contribution < 1.29 is 8.83 Å². The quantitative estimate of drug-likeness (QED) is 0.119. The Morgan fingerprint density at radius 2 is 0.573 bits per heavy atom. The van der Waals surface area contributed by atoms with Crippen molar-refractivity contribution in [2.75, 3.05) is 0 Å². The summed E-state index contributed by atoms with van der Waals surface area (Å²) in [5.41, 5.74) is 25.6. The Hall–Kier alpha value is -16.4. The Bertz CT molecular complexity index is 8550. The van der Waals surface area contributed by atoms with Crippen LogP contribution in [0.15, 0.2) is 415 Å². The number of furan rings is 2. The topological polar surface area (TPSA) is 104 Å². The molecule has 1 aliphatic carbocycles. The van der Waals surface area contributed by atoms with E-state index in [4.69, 9.17) is 38.7 Å². The van der Waals surface area contributed by atoms with Gasteiger partial charge in [-0.1, -0.05) is 315 Å². The lowest BCUT2D eigenvalue weighted by Gasteiger charge is -2.28. The molecule has 124 heavy (non-hydrogen) atoms. The monoisotopic (exact) mass is 1580 g/mol. The first-order valence-electron chi connectivity index (χ1n) is 42.1. The van der Waals surface area contributed by atoms with Gasteiger partial charge in [0.1, 0.15) is 22.3 Å². The number of fused-ring (bicyclic) bond motifs is 15. The molecule has 4 aromatic heterocycles. The van der Waals surface area contributed by atoms with Gasteiger partial charge in [0.25, 0.3) is 0 Å². The second-order valence-corrected chi connectivity index (χ2v) is 32.9. The molecule has 0 saturated carbocycles. The molecule has 0 unspecified atom stereocenters. The summed E-state index contributed by atoms with van der Waals surface area (Å²) in [7, 11) is 0. The lowest BCUT2D eigenvalue weighted by Crippen LogP contribution is -2.22. The number of nitrogens with zero attached hydrogens (tertiary/aromatic N) is 6. The molecule has 0 aliphatic heterocycles. The van der Waals surface area contributed by atoms with Gasteiger partial charge in [-0.2, -0.15) is 0 Å². The van der Waals surface area contributed by atoms with Gasteiger partial charge in [-0.05, 0) is 246 Å². The molecule has 0 spiro atoms. The minimum absolute atomic E-state index is 0.419. The van der Waals surface area contributed by atoms with E-state index < -0.39 is 5.41 Å². The Morgan fingerprint density at radius 3 is 1.31 bits per heavy atom. The fourth-order valence-electron chi connectivity index (χ4n) is 19.5. The maximum absolute atomic E-state index is 7.01. The van der Waals surface area contributed by atoms with E-state index >= 15 is 0 Å². The molecule has 0 radical (unpaired) electrons. The summed E-state index contributed by atoms with van der Waals surface area (Å²) < 4.78 is 13.3. The Morgan fingerprint density at radius 1 is 0.177 bits per heavy atom. The zero-order chi connectivity index (χ0) is 81.7. The fraction of sp³-hybridized carbons (Fsp3) is 0.0172. The van der Waals surface area contributed by atoms with Gasteiger partial charge in [-0.25, -0.2) is 29.9 Å². The molecule has 576 valence electrons. The van der Waals surface area contributed by atoms with Crippen LogP contribution in [-0.4, -0.2) is 29.9 Å². The van der Waals surface area contributed by atoms with E-state index in [1.807, 2.05) is 12.1 Å². The van der Waals surface area contributed by atoms with Crippen LogP contribution in [0.5, 0.6) is 0 Å². The molecule has 1 aliphatic rings. The van der Waals surface area contributed by atoms with Gasteiger partial charge in [0.15, 0.2) is 34.9 Å². The SMILES string of the molecule is CC1(c2cccc(-c3nc(-c4ccc5ccccc5c4)nc(-c4cc(-c5cccc6oc7cc8cc(-c9cccc%10c(-c%11nc(-c%12ccc(-c%13cccc(-c%14ccccc%14)c%13)cc%12)nc(-c%12ccc%13ccc(-c%14ccc%15cc%16oc%17ccccc%17c%16cc%15c%14)cc%13c%12)n%11)cccc9%10)ccc8cc7c56)cc5ccccc45)n3)c2)c2ccccc2-c2ccccc21. The lowest BCUT2D eigenvalue weighted by atomic mass is 9.74. The first kappa shape index (κ1) is 70.6. The summed E-state index contributed by atoms with van der Waals surface area (Å²) in [6.45, 7) is 2.35. The van der Waals surface area contributed by atoms with Gasteiger partial charge in [0.2, 0.25) is 0 Å². The summed E-state index contributed by atoms with van der Waals surface area (Å²) in [5, 5.41) is 17.4. The molecule has 4 heterocycles. The molecule has 0 atom stereocenters. The van der Waals surface area contributed by atoms with Crippen LogP contribution in [0.3, 0.4) is 0 Å². The number of aromatic nitrogens is 6. The number of hydrogen-bond donors (Lipinski definition) is 0. The fourth-order valence-corrected chi connectivity index (χ4v) is 19.5. The van der Waals surface area contributed by atoms with Crippen molar-refractivity contribution in [2.24, 2.45) is 0 Å². The molecule has 25 rings (SSSR count). The zero-order valence-electron chi connectivity index (χ0n) is 67.2. The molecular weight excluding hydrogens is 1510 g/mol. The summed E-state index contributed by atoms with van der Waals surface area (Å²) in [5.74, 6) is 3.50. The van der Waals surface area contributed by atoms with Crippen LogP contribution < -0.4 is 0 Å². The molecule has 8 nitrogen and oxygen atoms in total. The van der Waals surface area contributed by atoms with Crippen molar-refractivity contribution in [3.05, 3.63) is 423 Å². The van der Waals surface area contributed by atoms with Crippen molar-refractivity contribution in [1.82, 2.24) is 29.9 Å². The minimum atomic E-state index is -0.419. The second kappa shape index (κ2) is 28.1. The standard InChI is InChI=1S/C116H70N6O2/c1-116(103-38-12-9-30-96(103)97-31-10-13-39-104(97)116)90-28-16-27-83(63-90)111-118-112(84-54-45-70-22-5-6-23-74(70)57-84)122-115(121-111)101-66-89(61-81-24-7-8-29-92(81)101)93-34-19-41-106-109(93)102-64-79-52-53-82(60-88(79)68-108(102)124-106)91-33-17-36-95-94(91)35-18-37-99(95)114-119-110(73-47-42-71(43-48-73)76-26-15-25-75(56-76)69-20-3-2-4-21-69)117-113(120-114)85-55-46-72-44-49-77(58-86(72)62-85)78-50-51-80-67-107-100(65-87(80)59-78)98-32-11-14-40-105(98)123-107/h2-68H,1H3. The second-order valence-electron chi connectivity index (χ2n) is 32.9. The minimum Gasteiger partial charge on any atom is -0.456 e. The maximum atomic E-state index is 7.01. The van der Waals surface area contributed by atoms with E-state index in [1.165, 1.54) is 33.4 Å². The molecular formula is C116H70N6O2. The largest absolute Gasteiger partial charge is 0.456 e. The highest BCUT2D eigenvalue weighted by molar-refractivity contribution is 6.18. The van der Waals surface area contributed by atoms with Crippen molar-refractivity contribution >= 4 is 109 Å². The highest BCUT2D eigenvalue weighted by atomic mass is 16.3. The van der Waals surface area contributed by atoms with E-state index in [0.717, 1.165) is 192 Å². The van der Waals surface area contributed by atoms with Gasteiger partial charge in [0, 0.05) is 60.3 Å². The van der Waals surface area contributed by atoms with Crippen molar-refractivity contribution in [3.63, 3.8) is 0 Å². The van der Waals surface area contributed by atoms with E-state index in [9.17, 15) is 0 Å². The maximum Gasteiger partial charge on any atom is 0.164 e. The van der Waals surface area contributed by atoms with E-state index in [1.54, 1.807) is 0 Å². The smallest absolute Gasteiger partial charge is 0.164 e. The zero-order valence-corrected chi connectivity index (χ0v) is 67.2. The van der Waals surface area contributed by atoms with Crippen LogP contribution in [0.4, 0.5) is 0 Å². The van der Waals surface area contributed by atoms with Crippen LogP contribution in [0.2, 0.25) is 0 Å². The molecule has 24 aromatic rings. The van der Waals surface area contributed by atoms with Gasteiger partial charge < -0.3 is 8.83 Å². The van der Waals surface area contributed by atoms with E-state index in [2.05, 4.69) is 401 Å². The molecule has 0 fully saturated rings. The van der Waals surface area contributed by atoms with Crippen LogP contribution in [0, 0.1) is 0 Å². The average molecular weight is 1580 g/mol. The van der Waals surface area contributed by atoms with Crippen molar-refractivity contribution in [2.45, 2.75) is 12.3 Å². The number of benzene rings is 20. The first-order chi connectivity index (χ1) is 61.2. The van der Waals surface area contributed by atoms with Crippen LogP contribution in [-0.2, 0) is 5.41 Å². The van der Waals surface area contributed by atoms with Crippen molar-refractivity contribution in [1.29, 1.82) is 0 Å². The van der Waals surface area contributed by atoms with Crippen LogP contribution in [0.1, 0.15) is 23.6 Å². The van der Waals surface area contributed by atoms with Crippen molar-refractivity contribution in [3.8, 4) is 135 Å². The predicted octanol–water partition coefficient (Wildman–Crippen LogP) is 30.4. The molecule has 0 amide bonds. The molecule has 8 heteroatoms.